The van der Waals surface area contributed by atoms with Crippen LogP contribution in [0.25, 0.3) is 44.5 Å². The minimum atomic E-state index is 0.107. The molecule has 0 fully saturated rings. The number of hydrogen-bond donors (Lipinski definition) is 4. The Labute approximate surface area is 210 Å². The van der Waals surface area contributed by atoms with Crippen LogP contribution < -0.4 is 0 Å². The molecule has 0 aromatic heterocycles. The van der Waals surface area contributed by atoms with Crippen LogP contribution in [0, 0.1) is 13.8 Å². The summed E-state index contributed by atoms with van der Waals surface area (Å²) in [5.74, 6) is 0.427. The molecule has 0 bridgehead atoms. The van der Waals surface area contributed by atoms with Crippen molar-refractivity contribution in [2.45, 2.75) is 13.8 Å². The van der Waals surface area contributed by atoms with Crippen molar-refractivity contribution in [2.24, 2.45) is 0 Å². The van der Waals surface area contributed by atoms with Crippen LogP contribution in [0.2, 0.25) is 0 Å². The van der Waals surface area contributed by atoms with E-state index in [9.17, 15) is 20.4 Å². The predicted octanol–water partition coefficient (Wildman–Crippen LogP) is 7.79. The van der Waals surface area contributed by atoms with Gasteiger partial charge in [0.05, 0.1) is 0 Å². The van der Waals surface area contributed by atoms with Gasteiger partial charge in [-0.25, -0.2) is 0 Å². The second-order valence-electron chi connectivity index (χ2n) is 8.82. The van der Waals surface area contributed by atoms with E-state index in [0.29, 0.717) is 22.3 Å². The Morgan fingerprint density at radius 3 is 0.722 bits per heavy atom. The summed E-state index contributed by atoms with van der Waals surface area (Å²) in [5.41, 5.74) is 6.98. The number of phenolic OH excluding ortho intramolecular Hbond substituents is 4. The van der Waals surface area contributed by atoms with Crippen LogP contribution in [0.15, 0.2) is 97.1 Å². The lowest BCUT2D eigenvalue weighted by Gasteiger charge is -2.26. The van der Waals surface area contributed by atoms with Gasteiger partial charge in [-0.1, -0.05) is 72.8 Å². The quantitative estimate of drug-likeness (QED) is 0.214. The number of rotatable bonds is 4. The Hall–Kier alpha value is -4.70. The summed E-state index contributed by atoms with van der Waals surface area (Å²) >= 11 is 0. The van der Waals surface area contributed by atoms with Gasteiger partial charge in [-0.3, -0.25) is 0 Å². The van der Waals surface area contributed by atoms with Crippen molar-refractivity contribution in [3.63, 3.8) is 0 Å². The summed E-state index contributed by atoms with van der Waals surface area (Å²) in [7, 11) is 0. The highest BCUT2D eigenvalue weighted by Crippen LogP contribution is 2.53. The lowest BCUT2D eigenvalue weighted by atomic mass is 9.77. The molecule has 36 heavy (non-hydrogen) atoms. The van der Waals surface area contributed by atoms with Crippen molar-refractivity contribution in [1.82, 2.24) is 0 Å². The van der Waals surface area contributed by atoms with Crippen molar-refractivity contribution in [3.8, 4) is 67.5 Å². The Morgan fingerprint density at radius 1 is 0.333 bits per heavy atom. The molecule has 4 N–H and O–H groups in total. The molecule has 0 aliphatic rings. The van der Waals surface area contributed by atoms with Crippen LogP contribution in [0.3, 0.4) is 0 Å². The van der Waals surface area contributed by atoms with E-state index in [-0.39, 0.29) is 23.0 Å². The van der Waals surface area contributed by atoms with Gasteiger partial charge in [-0.05, 0) is 71.5 Å². The van der Waals surface area contributed by atoms with E-state index >= 15 is 0 Å². The van der Waals surface area contributed by atoms with Gasteiger partial charge < -0.3 is 20.4 Å². The van der Waals surface area contributed by atoms with Crippen LogP contribution >= 0.6 is 0 Å². The number of hydrogen-bond acceptors (Lipinski definition) is 4. The first-order valence-corrected chi connectivity index (χ1v) is 11.7. The van der Waals surface area contributed by atoms with Crippen molar-refractivity contribution < 1.29 is 20.4 Å². The number of aromatic hydroxyl groups is 4. The first-order chi connectivity index (χ1) is 17.4. The van der Waals surface area contributed by atoms with Crippen LogP contribution in [0.5, 0.6) is 23.0 Å². The number of para-hydroxylation sites is 4. The third-order valence-electron chi connectivity index (χ3n) is 6.69. The predicted molar refractivity (Wildman–Crippen MR) is 144 cm³/mol. The summed E-state index contributed by atoms with van der Waals surface area (Å²) in [6.45, 7) is 3.88. The lowest BCUT2D eigenvalue weighted by Crippen LogP contribution is -2.02. The summed E-state index contributed by atoms with van der Waals surface area (Å²) < 4.78 is 0. The van der Waals surface area contributed by atoms with Crippen LogP contribution in [0.1, 0.15) is 11.1 Å². The van der Waals surface area contributed by atoms with E-state index in [1.54, 1.807) is 48.5 Å². The van der Waals surface area contributed by atoms with Gasteiger partial charge in [0.15, 0.2) is 0 Å². The molecule has 5 aromatic rings. The Balaban J connectivity index is 2.05. The fourth-order valence-electron chi connectivity index (χ4n) is 5.09. The summed E-state index contributed by atoms with van der Waals surface area (Å²) in [5, 5.41) is 43.7. The molecule has 178 valence electrons. The molecule has 0 unspecified atom stereocenters. The monoisotopic (exact) mass is 474 g/mol. The van der Waals surface area contributed by atoms with Crippen molar-refractivity contribution in [1.29, 1.82) is 0 Å². The number of phenols is 4. The van der Waals surface area contributed by atoms with Gasteiger partial charge in [0.25, 0.3) is 0 Å². The molecular weight excluding hydrogens is 448 g/mol. The summed E-state index contributed by atoms with van der Waals surface area (Å²) in [6, 6.07) is 28.4. The van der Waals surface area contributed by atoms with Gasteiger partial charge >= 0.3 is 0 Å². The van der Waals surface area contributed by atoms with Crippen molar-refractivity contribution in [2.75, 3.05) is 0 Å². The molecule has 4 heteroatoms. The van der Waals surface area contributed by atoms with Gasteiger partial charge in [-0.15, -0.1) is 0 Å². The maximum atomic E-state index is 10.9. The maximum absolute atomic E-state index is 10.9. The third kappa shape index (κ3) is 3.73. The highest BCUT2D eigenvalue weighted by atomic mass is 16.3. The highest BCUT2D eigenvalue weighted by molar-refractivity contribution is 6.03. The lowest BCUT2D eigenvalue weighted by molar-refractivity contribution is 0.475. The number of benzene rings is 5. The van der Waals surface area contributed by atoms with Crippen LogP contribution in [-0.4, -0.2) is 20.4 Å². The van der Waals surface area contributed by atoms with E-state index < -0.39 is 0 Å². The van der Waals surface area contributed by atoms with Gasteiger partial charge in [-0.2, -0.15) is 0 Å². The minimum absolute atomic E-state index is 0.107. The molecule has 0 atom stereocenters. The molecule has 5 aromatic carbocycles. The fraction of sp³-hybridized carbons (Fsp3) is 0.0625. The van der Waals surface area contributed by atoms with Gasteiger partial charge in [0.2, 0.25) is 0 Å². The molecule has 0 aliphatic carbocycles. The largest absolute Gasteiger partial charge is 0.507 e. The molecule has 0 amide bonds. The zero-order valence-electron chi connectivity index (χ0n) is 20.0. The standard InChI is InChI=1S/C32H26O4/c1-19-29(21-11-3-7-15-25(21)33)31(23-13-5-9-17-27(23)35)20(2)32(24-14-6-10-18-28(24)36)30(19)22-12-4-8-16-26(22)34/h3-18,33-36H,1-2H3. The molecule has 0 spiro atoms. The van der Waals surface area contributed by atoms with Crippen LogP contribution in [0.4, 0.5) is 0 Å². The molecule has 4 nitrogen and oxygen atoms in total. The van der Waals surface area contributed by atoms with Gasteiger partial charge in [0, 0.05) is 22.3 Å². The van der Waals surface area contributed by atoms with Crippen LogP contribution in [-0.2, 0) is 0 Å². The smallest absolute Gasteiger partial charge is 0.123 e. The maximum Gasteiger partial charge on any atom is 0.123 e. The van der Waals surface area contributed by atoms with Gasteiger partial charge in [0.1, 0.15) is 23.0 Å². The Bertz CT molecular complexity index is 1360. The molecule has 5 rings (SSSR count). The minimum Gasteiger partial charge on any atom is -0.507 e. The third-order valence-corrected chi connectivity index (χ3v) is 6.69. The summed E-state index contributed by atoms with van der Waals surface area (Å²) in [6.07, 6.45) is 0. The second kappa shape index (κ2) is 9.16. The average molecular weight is 475 g/mol. The summed E-state index contributed by atoms with van der Waals surface area (Å²) in [4.78, 5) is 0. The first kappa shape index (κ1) is 23.1. The zero-order valence-corrected chi connectivity index (χ0v) is 20.0. The van der Waals surface area contributed by atoms with E-state index in [1.807, 2.05) is 62.4 Å². The first-order valence-electron chi connectivity index (χ1n) is 11.7. The second-order valence-corrected chi connectivity index (χ2v) is 8.82. The molecule has 0 radical (unpaired) electrons. The SMILES string of the molecule is Cc1c(-c2ccccc2O)c(-c2ccccc2O)c(C)c(-c2ccccc2O)c1-c1ccccc1O. The van der Waals surface area contributed by atoms with Crippen molar-refractivity contribution in [3.05, 3.63) is 108 Å². The highest BCUT2D eigenvalue weighted by Gasteiger charge is 2.27. The molecule has 0 aliphatic heterocycles. The molecular formula is C32H26O4. The topological polar surface area (TPSA) is 80.9 Å². The average Bonchev–Trinajstić information content (AvgIpc) is 2.87. The molecule has 0 heterocycles. The van der Waals surface area contributed by atoms with E-state index in [0.717, 1.165) is 33.4 Å². The fourth-order valence-corrected chi connectivity index (χ4v) is 5.09. The molecule has 0 saturated carbocycles. The van der Waals surface area contributed by atoms with E-state index in [1.165, 1.54) is 0 Å². The van der Waals surface area contributed by atoms with Crippen molar-refractivity contribution >= 4 is 0 Å². The normalized spacial score (nSPS) is 10.9. The zero-order chi connectivity index (χ0) is 25.4. The Morgan fingerprint density at radius 2 is 0.528 bits per heavy atom. The van der Waals surface area contributed by atoms with E-state index in [4.69, 9.17) is 0 Å². The molecule has 0 saturated heterocycles. The van der Waals surface area contributed by atoms with E-state index in [2.05, 4.69) is 0 Å². The Kier molecular flexibility index (Phi) is 5.87.